The van der Waals surface area contributed by atoms with Crippen molar-refractivity contribution >= 4 is 27.5 Å². The highest BCUT2D eigenvalue weighted by Crippen LogP contribution is 2.31. The maximum Gasteiger partial charge on any atom is 0.246 e. The molecule has 0 saturated heterocycles. The quantitative estimate of drug-likeness (QED) is 0.904. The molecule has 0 aliphatic carbocycles. The molecule has 0 bridgehead atoms. The Labute approximate surface area is 94.4 Å². The standard InChI is InChI=1S/C9H9BrClF2N/c10-8-2-1-5(11)3-6(8)7(4-14)9(12)13/h1-3,7,9H,4,14H2. The van der Waals surface area contributed by atoms with Crippen LogP contribution in [0.15, 0.2) is 22.7 Å². The van der Waals surface area contributed by atoms with E-state index in [0.717, 1.165) is 0 Å². The fourth-order valence-electron chi connectivity index (χ4n) is 1.16. The second-order valence-electron chi connectivity index (χ2n) is 2.84. The van der Waals surface area contributed by atoms with Gasteiger partial charge in [-0.3, -0.25) is 0 Å². The lowest BCUT2D eigenvalue weighted by molar-refractivity contribution is 0.117. The van der Waals surface area contributed by atoms with Crippen LogP contribution in [-0.2, 0) is 0 Å². The van der Waals surface area contributed by atoms with Crippen molar-refractivity contribution in [3.05, 3.63) is 33.3 Å². The van der Waals surface area contributed by atoms with Gasteiger partial charge in [0.25, 0.3) is 0 Å². The lowest BCUT2D eigenvalue weighted by Crippen LogP contribution is -2.20. The first-order valence-corrected chi connectivity index (χ1v) is 5.16. The van der Waals surface area contributed by atoms with Crippen molar-refractivity contribution in [1.82, 2.24) is 0 Å². The van der Waals surface area contributed by atoms with Crippen molar-refractivity contribution < 1.29 is 8.78 Å². The van der Waals surface area contributed by atoms with Crippen LogP contribution in [0.5, 0.6) is 0 Å². The summed E-state index contributed by atoms with van der Waals surface area (Å²) in [4.78, 5) is 0. The van der Waals surface area contributed by atoms with E-state index < -0.39 is 12.3 Å². The molecule has 1 unspecified atom stereocenters. The highest BCUT2D eigenvalue weighted by atomic mass is 79.9. The van der Waals surface area contributed by atoms with Gasteiger partial charge in [-0.25, -0.2) is 8.78 Å². The predicted molar refractivity (Wildman–Crippen MR) is 57.0 cm³/mol. The Kier molecular flexibility index (Phi) is 4.29. The van der Waals surface area contributed by atoms with Crippen LogP contribution in [0.1, 0.15) is 11.5 Å². The van der Waals surface area contributed by atoms with Crippen molar-refractivity contribution in [2.75, 3.05) is 6.54 Å². The number of hydrogen-bond acceptors (Lipinski definition) is 1. The summed E-state index contributed by atoms with van der Waals surface area (Å²) in [5.41, 5.74) is 5.73. The van der Waals surface area contributed by atoms with E-state index in [1.165, 1.54) is 6.07 Å². The van der Waals surface area contributed by atoms with E-state index in [2.05, 4.69) is 15.9 Å². The molecule has 1 aromatic rings. The van der Waals surface area contributed by atoms with Gasteiger partial charge in [-0.05, 0) is 23.8 Å². The van der Waals surface area contributed by atoms with E-state index in [1.54, 1.807) is 12.1 Å². The van der Waals surface area contributed by atoms with Gasteiger partial charge in [0.2, 0.25) is 6.43 Å². The molecule has 78 valence electrons. The molecule has 0 aliphatic heterocycles. The molecule has 5 heteroatoms. The van der Waals surface area contributed by atoms with E-state index in [9.17, 15) is 8.78 Å². The molecule has 1 rings (SSSR count). The van der Waals surface area contributed by atoms with Crippen molar-refractivity contribution in [2.45, 2.75) is 12.3 Å². The van der Waals surface area contributed by atoms with Crippen LogP contribution in [-0.4, -0.2) is 13.0 Å². The van der Waals surface area contributed by atoms with Gasteiger partial charge in [0.05, 0.1) is 5.92 Å². The van der Waals surface area contributed by atoms with Crippen LogP contribution in [0.2, 0.25) is 5.02 Å². The summed E-state index contributed by atoms with van der Waals surface area (Å²) in [6.45, 7) is -0.101. The minimum atomic E-state index is -2.48. The van der Waals surface area contributed by atoms with Crippen LogP contribution in [0.25, 0.3) is 0 Å². The summed E-state index contributed by atoms with van der Waals surface area (Å²) in [7, 11) is 0. The second-order valence-corrected chi connectivity index (χ2v) is 4.13. The predicted octanol–water partition coefficient (Wildman–Crippen LogP) is 3.41. The zero-order valence-corrected chi connectivity index (χ0v) is 9.52. The summed E-state index contributed by atoms with van der Waals surface area (Å²) >= 11 is 8.91. The minimum Gasteiger partial charge on any atom is -0.330 e. The van der Waals surface area contributed by atoms with Gasteiger partial charge in [0, 0.05) is 16.0 Å². The second kappa shape index (κ2) is 5.05. The molecular weight excluding hydrogens is 275 g/mol. The number of alkyl halides is 2. The highest BCUT2D eigenvalue weighted by Gasteiger charge is 2.22. The number of nitrogens with two attached hydrogens (primary N) is 1. The number of halogens is 4. The summed E-state index contributed by atoms with van der Waals surface area (Å²) in [5, 5.41) is 0.433. The van der Waals surface area contributed by atoms with Crippen LogP contribution < -0.4 is 5.73 Å². The zero-order chi connectivity index (χ0) is 10.7. The monoisotopic (exact) mass is 283 g/mol. The Balaban J connectivity index is 3.08. The molecule has 0 aromatic heterocycles. The van der Waals surface area contributed by atoms with E-state index >= 15 is 0 Å². The Morgan fingerprint density at radius 3 is 2.57 bits per heavy atom. The molecule has 2 N–H and O–H groups in total. The van der Waals surface area contributed by atoms with Crippen LogP contribution in [0.3, 0.4) is 0 Å². The average Bonchev–Trinajstić information content (AvgIpc) is 2.11. The van der Waals surface area contributed by atoms with Gasteiger partial charge in [0.15, 0.2) is 0 Å². The molecule has 1 atom stereocenters. The van der Waals surface area contributed by atoms with Crippen molar-refractivity contribution in [3.8, 4) is 0 Å². The smallest absolute Gasteiger partial charge is 0.246 e. The first-order valence-electron chi connectivity index (χ1n) is 3.99. The third-order valence-electron chi connectivity index (χ3n) is 1.92. The third-order valence-corrected chi connectivity index (χ3v) is 2.87. The van der Waals surface area contributed by atoms with E-state index in [0.29, 0.717) is 15.1 Å². The minimum absolute atomic E-state index is 0.101. The first-order chi connectivity index (χ1) is 6.56. The molecule has 0 spiro atoms. The zero-order valence-electron chi connectivity index (χ0n) is 7.18. The average molecular weight is 285 g/mol. The van der Waals surface area contributed by atoms with E-state index in [-0.39, 0.29) is 6.54 Å². The molecule has 0 amide bonds. The van der Waals surface area contributed by atoms with Crippen molar-refractivity contribution in [3.63, 3.8) is 0 Å². The molecule has 0 heterocycles. The fraction of sp³-hybridized carbons (Fsp3) is 0.333. The van der Waals surface area contributed by atoms with Gasteiger partial charge in [0.1, 0.15) is 0 Å². The molecule has 0 radical (unpaired) electrons. The molecule has 0 saturated carbocycles. The lowest BCUT2D eigenvalue weighted by Gasteiger charge is -2.15. The van der Waals surface area contributed by atoms with E-state index in [1.807, 2.05) is 0 Å². The van der Waals surface area contributed by atoms with E-state index in [4.69, 9.17) is 17.3 Å². The summed E-state index contributed by atoms with van der Waals surface area (Å²) in [6, 6.07) is 4.78. The van der Waals surface area contributed by atoms with Crippen LogP contribution in [0.4, 0.5) is 8.78 Å². The molecule has 1 nitrogen and oxygen atoms in total. The van der Waals surface area contributed by atoms with Crippen molar-refractivity contribution in [2.24, 2.45) is 5.73 Å². The third kappa shape index (κ3) is 2.65. The molecule has 1 aromatic carbocycles. The molecular formula is C9H9BrClF2N. The maximum absolute atomic E-state index is 12.6. The number of hydrogen-bond donors (Lipinski definition) is 1. The number of rotatable bonds is 3. The topological polar surface area (TPSA) is 26.0 Å². The normalized spacial score (nSPS) is 13.3. The summed E-state index contributed by atoms with van der Waals surface area (Å²) in [5.74, 6) is -0.969. The number of benzene rings is 1. The maximum atomic E-state index is 12.6. The Morgan fingerprint density at radius 1 is 1.43 bits per heavy atom. The lowest BCUT2D eigenvalue weighted by atomic mass is 10.00. The van der Waals surface area contributed by atoms with Gasteiger partial charge in [-0.15, -0.1) is 0 Å². The highest BCUT2D eigenvalue weighted by molar-refractivity contribution is 9.10. The molecule has 0 aliphatic rings. The Morgan fingerprint density at radius 2 is 2.07 bits per heavy atom. The Hall–Kier alpha value is -0.190. The van der Waals surface area contributed by atoms with Gasteiger partial charge in [-0.1, -0.05) is 27.5 Å². The van der Waals surface area contributed by atoms with Crippen LogP contribution >= 0.6 is 27.5 Å². The fourth-order valence-corrected chi connectivity index (χ4v) is 1.89. The summed E-state index contributed by atoms with van der Waals surface area (Å²) < 4.78 is 25.7. The SMILES string of the molecule is NCC(c1cc(Cl)ccc1Br)C(F)F. The van der Waals surface area contributed by atoms with Crippen molar-refractivity contribution in [1.29, 1.82) is 0 Å². The Bertz CT molecular complexity index is 320. The summed E-state index contributed by atoms with van der Waals surface area (Å²) in [6.07, 6.45) is -2.48. The van der Waals surface area contributed by atoms with Crippen LogP contribution in [0, 0.1) is 0 Å². The van der Waals surface area contributed by atoms with Gasteiger partial charge in [-0.2, -0.15) is 0 Å². The van der Waals surface area contributed by atoms with Gasteiger partial charge < -0.3 is 5.73 Å². The first kappa shape index (κ1) is 11.9. The largest absolute Gasteiger partial charge is 0.330 e. The molecule has 14 heavy (non-hydrogen) atoms. The molecule has 0 fully saturated rings. The van der Waals surface area contributed by atoms with Gasteiger partial charge >= 0.3 is 0 Å².